The lowest BCUT2D eigenvalue weighted by Gasteiger charge is -2.26. The molecule has 0 bridgehead atoms. The van der Waals surface area contributed by atoms with Gasteiger partial charge in [-0.2, -0.15) is 0 Å². The lowest BCUT2D eigenvalue weighted by atomic mass is 9.85. The molecule has 0 aliphatic carbocycles. The van der Waals surface area contributed by atoms with Gasteiger partial charge in [-0.25, -0.2) is 0 Å². The first kappa shape index (κ1) is 18.5. The highest BCUT2D eigenvalue weighted by Gasteiger charge is 2.20. The average molecular weight is 305 g/mol. The fourth-order valence-electron chi connectivity index (χ4n) is 2.27. The highest BCUT2D eigenvalue weighted by atomic mass is 16.5. The quantitative estimate of drug-likeness (QED) is 0.419. The van der Waals surface area contributed by atoms with Gasteiger partial charge >= 0.3 is 0 Å². The minimum absolute atomic E-state index is 0.0668. The van der Waals surface area contributed by atoms with E-state index >= 15 is 0 Å². The standard InChI is InChI=1S/C18H31N3O/c1-18(2,16-11-7-5-8-12-16)15-21-17(19-3)20-13-9-6-10-14-22-4/h5,7-8,11-12H,6,9-10,13-15H2,1-4H3,(H2,19,20,21). The number of methoxy groups -OCH3 is 1. The summed E-state index contributed by atoms with van der Waals surface area (Å²) in [5.41, 5.74) is 1.40. The summed E-state index contributed by atoms with van der Waals surface area (Å²) in [5, 5.41) is 6.79. The van der Waals surface area contributed by atoms with Crippen LogP contribution < -0.4 is 10.6 Å². The fourth-order valence-corrected chi connectivity index (χ4v) is 2.27. The monoisotopic (exact) mass is 305 g/mol. The van der Waals surface area contributed by atoms with Crippen LogP contribution >= 0.6 is 0 Å². The predicted octanol–water partition coefficient (Wildman–Crippen LogP) is 2.95. The van der Waals surface area contributed by atoms with Crippen LogP contribution in [0, 0.1) is 0 Å². The first-order chi connectivity index (χ1) is 10.6. The van der Waals surface area contributed by atoms with Gasteiger partial charge in [0.25, 0.3) is 0 Å². The molecule has 4 nitrogen and oxygen atoms in total. The van der Waals surface area contributed by atoms with Crippen LogP contribution in [-0.2, 0) is 10.2 Å². The Morgan fingerprint density at radius 1 is 1.09 bits per heavy atom. The molecule has 0 saturated heterocycles. The van der Waals surface area contributed by atoms with E-state index in [1.165, 1.54) is 12.0 Å². The molecule has 0 heterocycles. The summed E-state index contributed by atoms with van der Waals surface area (Å²) < 4.78 is 5.05. The summed E-state index contributed by atoms with van der Waals surface area (Å²) >= 11 is 0. The molecular formula is C18H31N3O. The molecule has 0 atom stereocenters. The van der Waals surface area contributed by atoms with Crippen molar-refractivity contribution in [2.24, 2.45) is 4.99 Å². The highest BCUT2D eigenvalue weighted by Crippen LogP contribution is 2.21. The zero-order chi connectivity index (χ0) is 16.3. The molecule has 0 aliphatic heterocycles. The molecule has 2 N–H and O–H groups in total. The topological polar surface area (TPSA) is 45.7 Å². The van der Waals surface area contributed by atoms with Gasteiger partial charge in [0.15, 0.2) is 5.96 Å². The highest BCUT2D eigenvalue weighted by molar-refractivity contribution is 5.79. The Balaban J connectivity index is 2.31. The summed E-state index contributed by atoms with van der Waals surface area (Å²) in [6.07, 6.45) is 3.42. The van der Waals surface area contributed by atoms with Crippen LogP contribution in [0.25, 0.3) is 0 Å². The van der Waals surface area contributed by atoms with Crippen LogP contribution in [0.5, 0.6) is 0 Å². The first-order valence-corrected chi connectivity index (χ1v) is 8.09. The van der Waals surface area contributed by atoms with Crippen molar-refractivity contribution < 1.29 is 4.74 Å². The summed E-state index contributed by atoms with van der Waals surface area (Å²) in [5.74, 6) is 0.871. The summed E-state index contributed by atoms with van der Waals surface area (Å²) in [6.45, 7) is 7.12. The zero-order valence-electron chi connectivity index (χ0n) is 14.5. The molecule has 0 fully saturated rings. The number of rotatable bonds is 9. The molecule has 0 radical (unpaired) electrons. The van der Waals surface area contributed by atoms with Crippen LogP contribution in [0.3, 0.4) is 0 Å². The minimum Gasteiger partial charge on any atom is -0.385 e. The van der Waals surface area contributed by atoms with E-state index in [1.807, 2.05) is 7.05 Å². The Hall–Kier alpha value is -1.55. The lowest BCUT2D eigenvalue weighted by Crippen LogP contribution is -2.43. The summed E-state index contributed by atoms with van der Waals surface area (Å²) in [7, 11) is 3.56. The minimum atomic E-state index is 0.0668. The third kappa shape index (κ3) is 6.94. The number of hydrogen-bond acceptors (Lipinski definition) is 2. The van der Waals surface area contributed by atoms with E-state index in [-0.39, 0.29) is 5.41 Å². The number of ether oxygens (including phenoxy) is 1. The van der Waals surface area contributed by atoms with Crippen LogP contribution in [0.4, 0.5) is 0 Å². The maximum Gasteiger partial charge on any atom is 0.191 e. The van der Waals surface area contributed by atoms with E-state index in [0.717, 1.165) is 38.5 Å². The van der Waals surface area contributed by atoms with Crippen LogP contribution in [-0.4, -0.2) is 39.8 Å². The van der Waals surface area contributed by atoms with E-state index in [4.69, 9.17) is 4.74 Å². The second-order valence-corrected chi connectivity index (χ2v) is 6.16. The van der Waals surface area contributed by atoms with E-state index in [1.54, 1.807) is 7.11 Å². The average Bonchev–Trinajstić information content (AvgIpc) is 2.54. The number of hydrogen-bond donors (Lipinski definition) is 2. The molecule has 1 aromatic carbocycles. The normalized spacial score (nSPS) is 12.3. The summed E-state index contributed by atoms with van der Waals surface area (Å²) in [6, 6.07) is 10.6. The second kappa shape index (κ2) is 10.2. The van der Waals surface area contributed by atoms with Crippen LogP contribution in [0.15, 0.2) is 35.3 Å². The SMILES string of the molecule is CN=C(NCCCCCOC)NCC(C)(C)c1ccccc1. The van der Waals surface area contributed by atoms with Crippen molar-refractivity contribution in [1.82, 2.24) is 10.6 Å². The van der Waals surface area contributed by atoms with Gasteiger partial charge in [0.2, 0.25) is 0 Å². The number of aliphatic imine (C=N–C) groups is 1. The second-order valence-electron chi connectivity index (χ2n) is 6.16. The number of guanidine groups is 1. The van der Waals surface area contributed by atoms with Gasteiger partial charge in [0.05, 0.1) is 0 Å². The Labute approximate surface area is 135 Å². The Kier molecular flexibility index (Phi) is 8.60. The first-order valence-electron chi connectivity index (χ1n) is 8.09. The number of nitrogens with zero attached hydrogens (tertiary/aromatic N) is 1. The van der Waals surface area contributed by atoms with Crippen molar-refractivity contribution in [2.45, 2.75) is 38.5 Å². The molecule has 0 saturated carbocycles. The molecule has 0 aromatic heterocycles. The maximum atomic E-state index is 5.05. The van der Waals surface area contributed by atoms with E-state index in [2.05, 4.69) is 59.8 Å². The van der Waals surface area contributed by atoms with E-state index < -0.39 is 0 Å². The van der Waals surface area contributed by atoms with Crippen molar-refractivity contribution >= 4 is 5.96 Å². The van der Waals surface area contributed by atoms with Gasteiger partial charge < -0.3 is 15.4 Å². The van der Waals surface area contributed by atoms with Gasteiger partial charge in [-0.15, -0.1) is 0 Å². The molecule has 0 unspecified atom stereocenters. The third-order valence-corrected chi connectivity index (χ3v) is 3.79. The van der Waals surface area contributed by atoms with Gasteiger partial charge in [0, 0.05) is 39.3 Å². The zero-order valence-corrected chi connectivity index (χ0v) is 14.5. The molecule has 1 aromatic rings. The summed E-state index contributed by atoms with van der Waals surface area (Å²) in [4.78, 5) is 4.29. The van der Waals surface area contributed by atoms with Crippen molar-refractivity contribution in [3.8, 4) is 0 Å². The Morgan fingerprint density at radius 2 is 1.82 bits per heavy atom. The van der Waals surface area contributed by atoms with E-state index in [0.29, 0.717) is 0 Å². The fraction of sp³-hybridized carbons (Fsp3) is 0.611. The molecular weight excluding hydrogens is 274 g/mol. The van der Waals surface area contributed by atoms with E-state index in [9.17, 15) is 0 Å². The molecule has 4 heteroatoms. The van der Waals surface area contributed by atoms with Crippen molar-refractivity contribution in [3.05, 3.63) is 35.9 Å². The van der Waals surface area contributed by atoms with Crippen LogP contribution in [0.2, 0.25) is 0 Å². The van der Waals surface area contributed by atoms with Gasteiger partial charge in [-0.1, -0.05) is 44.2 Å². The Bertz CT molecular complexity index is 429. The van der Waals surface area contributed by atoms with Crippen molar-refractivity contribution in [2.75, 3.05) is 33.9 Å². The largest absolute Gasteiger partial charge is 0.385 e. The molecule has 124 valence electrons. The third-order valence-electron chi connectivity index (χ3n) is 3.79. The number of nitrogens with one attached hydrogen (secondary N) is 2. The maximum absolute atomic E-state index is 5.05. The molecule has 0 spiro atoms. The number of unbranched alkanes of at least 4 members (excludes halogenated alkanes) is 2. The van der Waals surface area contributed by atoms with Gasteiger partial charge in [0.1, 0.15) is 0 Å². The van der Waals surface area contributed by atoms with Crippen LogP contribution in [0.1, 0.15) is 38.7 Å². The smallest absolute Gasteiger partial charge is 0.191 e. The Morgan fingerprint density at radius 3 is 2.45 bits per heavy atom. The van der Waals surface area contributed by atoms with Crippen molar-refractivity contribution in [3.63, 3.8) is 0 Å². The van der Waals surface area contributed by atoms with Gasteiger partial charge in [-0.3, -0.25) is 4.99 Å². The van der Waals surface area contributed by atoms with Gasteiger partial charge in [-0.05, 0) is 24.8 Å². The molecule has 0 amide bonds. The lowest BCUT2D eigenvalue weighted by molar-refractivity contribution is 0.192. The molecule has 0 aliphatic rings. The molecule has 1 rings (SSSR count). The number of benzene rings is 1. The predicted molar refractivity (Wildman–Crippen MR) is 94.6 cm³/mol. The van der Waals surface area contributed by atoms with Crippen molar-refractivity contribution in [1.29, 1.82) is 0 Å². The molecule has 22 heavy (non-hydrogen) atoms.